The van der Waals surface area contributed by atoms with E-state index >= 15 is 0 Å². The quantitative estimate of drug-likeness (QED) is 0.726. The van der Waals surface area contributed by atoms with Crippen molar-refractivity contribution in [1.82, 2.24) is 15.3 Å². The maximum absolute atomic E-state index is 5.61. The summed E-state index contributed by atoms with van der Waals surface area (Å²) in [6, 6.07) is 8.28. The summed E-state index contributed by atoms with van der Waals surface area (Å²) in [7, 11) is 0. The van der Waals surface area contributed by atoms with E-state index in [-0.39, 0.29) is 0 Å². The number of nitrogens with zero attached hydrogens (tertiary/aromatic N) is 2. The van der Waals surface area contributed by atoms with Gasteiger partial charge in [-0.05, 0) is 42.5 Å². The Labute approximate surface area is 142 Å². The summed E-state index contributed by atoms with van der Waals surface area (Å²) in [5.41, 5.74) is 10.0. The highest BCUT2D eigenvalue weighted by atomic mass is 16.5. The maximum atomic E-state index is 5.61. The third-order valence-corrected chi connectivity index (χ3v) is 3.82. The lowest BCUT2D eigenvalue weighted by Crippen LogP contribution is -2.33. The number of benzene rings is 1. The number of anilines is 2. The molecule has 0 fully saturated rings. The molecule has 1 aliphatic rings. The van der Waals surface area contributed by atoms with Gasteiger partial charge in [0.15, 0.2) is 0 Å². The van der Waals surface area contributed by atoms with Gasteiger partial charge in [-0.15, -0.1) is 0 Å². The van der Waals surface area contributed by atoms with E-state index in [1.165, 1.54) is 5.56 Å². The zero-order chi connectivity index (χ0) is 16.8. The van der Waals surface area contributed by atoms with Gasteiger partial charge in [0, 0.05) is 18.1 Å². The molecule has 1 atom stereocenters. The average Bonchev–Trinajstić information content (AvgIpc) is 3.02. The molecule has 0 spiro atoms. The van der Waals surface area contributed by atoms with Crippen LogP contribution >= 0.6 is 0 Å². The molecule has 4 N–H and O–H groups in total. The highest BCUT2D eigenvalue weighted by Gasteiger charge is 2.11. The SMILES string of the molecule is CCCc1cnc(Nc2ccc(CCC3=CO[C@@H](N)N3)cc2)nc1. The van der Waals surface area contributed by atoms with Gasteiger partial charge in [0.1, 0.15) is 6.26 Å². The topological polar surface area (TPSA) is 85.1 Å². The normalized spacial score (nSPS) is 16.2. The predicted octanol–water partition coefficient (Wildman–Crippen LogP) is 2.81. The van der Waals surface area contributed by atoms with Crippen LogP contribution in [0.5, 0.6) is 0 Å². The van der Waals surface area contributed by atoms with Crippen molar-refractivity contribution in [3.63, 3.8) is 0 Å². The minimum atomic E-state index is -0.407. The Hall–Kier alpha value is -2.60. The van der Waals surface area contributed by atoms with Crippen LogP contribution in [0.1, 0.15) is 30.9 Å². The number of nitrogens with two attached hydrogens (primary N) is 1. The van der Waals surface area contributed by atoms with Crippen molar-refractivity contribution >= 4 is 11.6 Å². The van der Waals surface area contributed by atoms with E-state index in [1.54, 1.807) is 6.26 Å². The Bertz CT molecular complexity index is 682. The van der Waals surface area contributed by atoms with E-state index in [4.69, 9.17) is 10.5 Å². The van der Waals surface area contributed by atoms with Crippen LogP contribution in [0.4, 0.5) is 11.6 Å². The average molecular weight is 325 g/mol. The van der Waals surface area contributed by atoms with Gasteiger partial charge in [-0.25, -0.2) is 9.97 Å². The molecule has 1 aromatic carbocycles. The Morgan fingerprint density at radius 3 is 2.46 bits per heavy atom. The molecule has 3 rings (SSSR count). The van der Waals surface area contributed by atoms with Gasteiger partial charge in [0.05, 0.1) is 5.70 Å². The molecule has 2 heterocycles. The van der Waals surface area contributed by atoms with Crippen LogP contribution in [0.15, 0.2) is 48.6 Å². The van der Waals surface area contributed by atoms with Gasteiger partial charge in [0.25, 0.3) is 0 Å². The Morgan fingerprint density at radius 1 is 1.08 bits per heavy atom. The van der Waals surface area contributed by atoms with Crippen molar-refractivity contribution in [2.75, 3.05) is 5.32 Å². The van der Waals surface area contributed by atoms with Crippen molar-refractivity contribution in [3.05, 3.63) is 59.7 Å². The molecule has 24 heavy (non-hydrogen) atoms. The number of aryl methyl sites for hydroxylation is 2. The molecule has 1 aromatic heterocycles. The highest BCUT2D eigenvalue weighted by molar-refractivity contribution is 5.53. The summed E-state index contributed by atoms with van der Waals surface area (Å²) in [5.74, 6) is 0.619. The Balaban J connectivity index is 1.52. The van der Waals surface area contributed by atoms with Gasteiger partial charge in [0.2, 0.25) is 12.3 Å². The first-order valence-corrected chi connectivity index (χ1v) is 8.26. The Kier molecular flexibility index (Phi) is 5.28. The second-order valence-electron chi connectivity index (χ2n) is 5.83. The number of rotatable bonds is 7. The number of ether oxygens (including phenoxy) is 1. The monoisotopic (exact) mass is 325 g/mol. The van der Waals surface area contributed by atoms with Crippen molar-refractivity contribution < 1.29 is 4.74 Å². The van der Waals surface area contributed by atoms with Crippen molar-refractivity contribution in [2.45, 2.75) is 39.0 Å². The van der Waals surface area contributed by atoms with E-state index in [0.717, 1.165) is 42.6 Å². The summed E-state index contributed by atoms with van der Waals surface area (Å²) in [6.07, 6.45) is 8.96. The molecule has 0 amide bonds. The molecule has 6 heteroatoms. The van der Waals surface area contributed by atoms with Crippen molar-refractivity contribution in [3.8, 4) is 0 Å². The van der Waals surface area contributed by atoms with Crippen LogP contribution in [0.2, 0.25) is 0 Å². The molecule has 0 aliphatic carbocycles. The summed E-state index contributed by atoms with van der Waals surface area (Å²) in [4.78, 5) is 8.69. The molecular weight excluding hydrogens is 302 g/mol. The Morgan fingerprint density at radius 2 is 1.83 bits per heavy atom. The van der Waals surface area contributed by atoms with Crippen LogP contribution in [0, 0.1) is 0 Å². The largest absolute Gasteiger partial charge is 0.463 e. The lowest BCUT2D eigenvalue weighted by molar-refractivity contribution is 0.159. The fourth-order valence-electron chi connectivity index (χ4n) is 2.54. The lowest BCUT2D eigenvalue weighted by Gasteiger charge is -2.08. The number of allylic oxidation sites excluding steroid dienone is 1. The number of hydrogen-bond donors (Lipinski definition) is 3. The summed E-state index contributed by atoms with van der Waals surface area (Å²) < 4.78 is 5.14. The molecule has 0 unspecified atom stereocenters. The summed E-state index contributed by atoms with van der Waals surface area (Å²) in [5, 5.41) is 6.29. The summed E-state index contributed by atoms with van der Waals surface area (Å²) >= 11 is 0. The zero-order valence-corrected chi connectivity index (χ0v) is 13.8. The highest BCUT2D eigenvalue weighted by Crippen LogP contribution is 2.17. The third-order valence-electron chi connectivity index (χ3n) is 3.82. The third kappa shape index (κ3) is 4.45. The second kappa shape index (κ2) is 7.79. The van der Waals surface area contributed by atoms with Crippen molar-refractivity contribution in [2.24, 2.45) is 5.73 Å². The minimum Gasteiger partial charge on any atom is -0.463 e. The number of aromatic nitrogens is 2. The van der Waals surface area contributed by atoms with Crippen LogP contribution in [0.25, 0.3) is 0 Å². The molecule has 0 saturated carbocycles. The van der Waals surface area contributed by atoms with E-state index in [2.05, 4.69) is 39.7 Å². The molecule has 0 saturated heterocycles. The van der Waals surface area contributed by atoms with Crippen LogP contribution < -0.4 is 16.4 Å². The molecule has 0 radical (unpaired) electrons. The smallest absolute Gasteiger partial charge is 0.227 e. The zero-order valence-electron chi connectivity index (χ0n) is 13.8. The molecule has 126 valence electrons. The van der Waals surface area contributed by atoms with E-state index in [1.807, 2.05) is 24.5 Å². The molecule has 6 nitrogen and oxygen atoms in total. The van der Waals surface area contributed by atoms with Crippen molar-refractivity contribution in [1.29, 1.82) is 0 Å². The maximum Gasteiger partial charge on any atom is 0.227 e. The van der Waals surface area contributed by atoms with Crippen LogP contribution in [-0.2, 0) is 17.6 Å². The number of nitrogens with one attached hydrogen (secondary N) is 2. The van der Waals surface area contributed by atoms with Crippen LogP contribution in [-0.4, -0.2) is 16.3 Å². The van der Waals surface area contributed by atoms with Gasteiger partial charge in [-0.2, -0.15) is 0 Å². The second-order valence-corrected chi connectivity index (χ2v) is 5.83. The van der Waals surface area contributed by atoms with Gasteiger partial charge in [-0.1, -0.05) is 25.5 Å². The lowest BCUT2D eigenvalue weighted by atomic mass is 10.1. The van der Waals surface area contributed by atoms with E-state index in [0.29, 0.717) is 5.95 Å². The molecule has 1 aliphatic heterocycles. The first kappa shape index (κ1) is 16.3. The molecule has 0 bridgehead atoms. The van der Waals surface area contributed by atoms with Gasteiger partial charge >= 0.3 is 0 Å². The van der Waals surface area contributed by atoms with E-state index in [9.17, 15) is 0 Å². The molecule has 2 aromatic rings. The first-order valence-electron chi connectivity index (χ1n) is 8.26. The first-order chi connectivity index (χ1) is 11.7. The van der Waals surface area contributed by atoms with E-state index < -0.39 is 6.35 Å². The standard InChI is InChI=1S/C18H23N5O/c1-2-3-14-10-20-18(21-11-14)23-15-7-4-13(5-8-15)6-9-16-12-24-17(19)22-16/h4-5,7-8,10-12,17,22H,2-3,6,9,19H2,1H3,(H,20,21,23)/t17-/m0/s1. The molecular formula is C18H23N5O. The minimum absolute atomic E-state index is 0.407. The fourth-order valence-corrected chi connectivity index (χ4v) is 2.54. The fraction of sp³-hybridized carbons (Fsp3) is 0.333. The predicted molar refractivity (Wildman–Crippen MR) is 94.4 cm³/mol. The number of hydrogen-bond acceptors (Lipinski definition) is 6. The van der Waals surface area contributed by atoms with Crippen LogP contribution in [0.3, 0.4) is 0 Å². The van der Waals surface area contributed by atoms with Gasteiger partial charge in [-0.3, -0.25) is 5.73 Å². The van der Waals surface area contributed by atoms with Gasteiger partial charge < -0.3 is 15.4 Å². The summed E-state index contributed by atoms with van der Waals surface area (Å²) in [6.45, 7) is 2.15.